The zero-order valence-electron chi connectivity index (χ0n) is 23.3. The highest BCUT2D eigenvalue weighted by Crippen LogP contribution is 2.24. The van der Waals surface area contributed by atoms with Crippen LogP contribution in [-0.2, 0) is 28.0 Å². The molecule has 5 nitrogen and oxygen atoms in total. The van der Waals surface area contributed by atoms with Crippen LogP contribution in [0.3, 0.4) is 0 Å². The molecule has 6 heteroatoms. The summed E-state index contributed by atoms with van der Waals surface area (Å²) in [6.07, 6.45) is 0.394. The number of halogens is 1. The molecule has 0 aliphatic rings. The van der Waals surface area contributed by atoms with Crippen molar-refractivity contribution in [1.29, 1.82) is 0 Å². The molecule has 38 heavy (non-hydrogen) atoms. The highest BCUT2D eigenvalue weighted by atomic mass is 79.9. The average Bonchev–Trinajstić information content (AvgIpc) is 2.85. The van der Waals surface area contributed by atoms with Gasteiger partial charge in [0, 0.05) is 23.0 Å². The predicted octanol–water partition coefficient (Wildman–Crippen LogP) is 6.68. The van der Waals surface area contributed by atoms with Crippen molar-refractivity contribution in [2.75, 3.05) is 6.61 Å². The molecule has 0 aliphatic carbocycles. The predicted molar refractivity (Wildman–Crippen MR) is 157 cm³/mol. The van der Waals surface area contributed by atoms with Gasteiger partial charge in [-0.2, -0.15) is 0 Å². The molecule has 0 heterocycles. The summed E-state index contributed by atoms with van der Waals surface area (Å²) in [5.74, 6) is 0.174. The topological polar surface area (TPSA) is 58.6 Å². The third-order valence-electron chi connectivity index (χ3n) is 6.12. The van der Waals surface area contributed by atoms with Crippen LogP contribution in [0.15, 0.2) is 83.3 Å². The average molecular weight is 580 g/mol. The lowest BCUT2D eigenvalue weighted by molar-refractivity contribution is -0.143. The number of carbonyl (C=O) groups is 2. The zero-order valence-corrected chi connectivity index (χ0v) is 24.8. The number of nitrogens with zero attached hydrogens (tertiary/aromatic N) is 1. The highest BCUT2D eigenvalue weighted by molar-refractivity contribution is 9.10. The van der Waals surface area contributed by atoms with Gasteiger partial charge in [-0.1, -0.05) is 91.3 Å². The molecule has 1 atom stereocenters. The molecule has 3 rings (SSSR count). The van der Waals surface area contributed by atoms with Crippen LogP contribution in [0, 0.1) is 0 Å². The Labute approximate surface area is 235 Å². The van der Waals surface area contributed by atoms with E-state index >= 15 is 0 Å². The van der Waals surface area contributed by atoms with E-state index in [4.69, 9.17) is 4.74 Å². The quantitative estimate of drug-likeness (QED) is 0.308. The van der Waals surface area contributed by atoms with Gasteiger partial charge in [-0.3, -0.25) is 9.59 Å². The molecule has 0 spiro atoms. The van der Waals surface area contributed by atoms with Gasteiger partial charge in [0.15, 0.2) is 6.61 Å². The van der Waals surface area contributed by atoms with Crippen molar-refractivity contribution >= 4 is 27.7 Å². The molecule has 0 saturated carbocycles. The van der Waals surface area contributed by atoms with Gasteiger partial charge in [-0.15, -0.1) is 0 Å². The van der Waals surface area contributed by atoms with E-state index < -0.39 is 11.6 Å². The Morgan fingerprint density at radius 1 is 0.842 bits per heavy atom. The molecule has 0 aliphatic heterocycles. The summed E-state index contributed by atoms with van der Waals surface area (Å²) < 4.78 is 6.88. The molecule has 0 fully saturated rings. The maximum absolute atomic E-state index is 13.7. The minimum Gasteiger partial charge on any atom is -0.484 e. The van der Waals surface area contributed by atoms with E-state index in [9.17, 15) is 9.59 Å². The van der Waals surface area contributed by atoms with E-state index in [1.54, 1.807) is 4.90 Å². The van der Waals surface area contributed by atoms with E-state index in [1.807, 2.05) is 99.6 Å². The monoisotopic (exact) mass is 578 g/mol. The van der Waals surface area contributed by atoms with Crippen LogP contribution in [0.1, 0.15) is 58.2 Å². The van der Waals surface area contributed by atoms with Gasteiger partial charge >= 0.3 is 0 Å². The molecular formula is C32H39BrN2O3. The molecule has 0 unspecified atom stereocenters. The fourth-order valence-corrected chi connectivity index (χ4v) is 4.34. The Balaban J connectivity index is 1.89. The smallest absolute Gasteiger partial charge is 0.261 e. The van der Waals surface area contributed by atoms with E-state index in [1.165, 1.54) is 5.56 Å². The summed E-state index contributed by atoms with van der Waals surface area (Å²) in [5.41, 5.74) is 2.69. The lowest BCUT2D eigenvalue weighted by Gasteiger charge is -2.33. The Kier molecular flexibility index (Phi) is 9.77. The van der Waals surface area contributed by atoms with Crippen LogP contribution < -0.4 is 10.1 Å². The third-order valence-corrected chi connectivity index (χ3v) is 6.65. The van der Waals surface area contributed by atoms with Gasteiger partial charge in [0.25, 0.3) is 5.91 Å². The van der Waals surface area contributed by atoms with Crippen LogP contribution >= 0.6 is 15.9 Å². The van der Waals surface area contributed by atoms with Crippen LogP contribution in [0.2, 0.25) is 0 Å². The van der Waals surface area contributed by atoms with Crippen molar-refractivity contribution in [3.05, 3.63) is 100 Å². The summed E-state index contributed by atoms with van der Waals surface area (Å²) in [4.78, 5) is 29.0. The summed E-state index contributed by atoms with van der Waals surface area (Å²) in [6, 6.07) is 24.7. The Morgan fingerprint density at radius 2 is 1.45 bits per heavy atom. The fourth-order valence-electron chi connectivity index (χ4n) is 4.07. The Morgan fingerprint density at radius 3 is 2.00 bits per heavy atom. The largest absolute Gasteiger partial charge is 0.484 e. The maximum Gasteiger partial charge on any atom is 0.261 e. The second-order valence-corrected chi connectivity index (χ2v) is 12.6. The number of ether oxygens (including phenoxy) is 1. The van der Waals surface area contributed by atoms with Crippen LogP contribution in [-0.4, -0.2) is 34.9 Å². The first-order chi connectivity index (χ1) is 17.8. The third kappa shape index (κ3) is 9.02. The van der Waals surface area contributed by atoms with Crippen molar-refractivity contribution in [2.45, 2.75) is 71.5 Å². The molecule has 2 amide bonds. The Hall–Kier alpha value is -3.12. The number of rotatable bonds is 9. The first-order valence-electron chi connectivity index (χ1n) is 12.9. The van der Waals surface area contributed by atoms with E-state index in [0.29, 0.717) is 12.2 Å². The van der Waals surface area contributed by atoms with Crippen LogP contribution in [0.25, 0.3) is 0 Å². The van der Waals surface area contributed by atoms with Gasteiger partial charge in [0.2, 0.25) is 5.91 Å². The fraction of sp³-hybridized carbons (Fsp3) is 0.375. The van der Waals surface area contributed by atoms with E-state index in [0.717, 1.165) is 15.6 Å². The zero-order chi connectivity index (χ0) is 27.9. The molecule has 202 valence electrons. The summed E-state index contributed by atoms with van der Waals surface area (Å²) >= 11 is 3.47. The van der Waals surface area contributed by atoms with Crippen molar-refractivity contribution in [2.24, 2.45) is 0 Å². The molecule has 3 aromatic carbocycles. The van der Waals surface area contributed by atoms with E-state index in [-0.39, 0.29) is 30.4 Å². The summed E-state index contributed by atoms with van der Waals surface area (Å²) in [5, 5.41) is 3.08. The first-order valence-corrected chi connectivity index (χ1v) is 13.7. The number of hydrogen-bond donors (Lipinski definition) is 1. The summed E-state index contributed by atoms with van der Waals surface area (Å²) in [7, 11) is 0. The number of benzene rings is 3. The number of hydrogen-bond acceptors (Lipinski definition) is 3. The molecule has 0 aromatic heterocycles. The van der Waals surface area contributed by atoms with Gasteiger partial charge < -0.3 is 15.0 Å². The maximum atomic E-state index is 13.7. The van der Waals surface area contributed by atoms with Crippen LogP contribution in [0.4, 0.5) is 0 Å². The van der Waals surface area contributed by atoms with Crippen molar-refractivity contribution in [3.63, 3.8) is 0 Å². The second-order valence-electron chi connectivity index (χ2n) is 11.7. The second kappa shape index (κ2) is 12.6. The lowest BCUT2D eigenvalue weighted by Crippen LogP contribution is -2.55. The molecule has 0 saturated heterocycles. The van der Waals surface area contributed by atoms with Gasteiger partial charge in [0.05, 0.1) is 0 Å². The van der Waals surface area contributed by atoms with Crippen molar-refractivity contribution in [3.8, 4) is 5.75 Å². The van der Waals surface area contributed by atoms with Gasteiger partial charge in [-0.25, -0.2) is 0 Å². The van der Waals surface area contributed by atoms with Crippen molar-refractivity contribution < 1.29 is 14.3 Å². The van der Waals surface area contributed by atoms with Gasteiger partial charge in [-0.05, 0) is 67.1 Å². The highest BCUT2D eigenvalue weighted by Gasteiger charge is 2.32. The van der Waals surface area contributed by atoms with E-state index in [2.05, 4.69) is 42.0 Å². The lowest BCUT2D eigenvalue weighted by atomic mass is 9.87. The molecule has 3 aromatic rings. The van der Waals surface area contributed by atoms with Gasteiger partial charge in [0.1, 0.15) is 11.8 Å². The number of carbonyl (C=O) groups excluding carboxylic acids is 2. The molecule has 1 N–H and O–H groups in total. The minimum absolute atomic E-state index is 0.0287. The minimum atomic E-state index is -0.709. The van der Waals surface area contributed by atoms with Crippen molar-refractivity contribution in [1.82, 2.24) is 10.2 Å². The Bertz CT molecular complexity index is 1190. The number of nitrogens with one attached hydrogen (secondary N) is 1. The SMILES string of the molecule is CC(C)(C)NC(=O)[C@@H](Cc1ccccc1)N(Cc1ccc(Br)cc1)C(=O)COc1ccc(C(C)(C)C)cc1. The first kappa shape index (κ1) is 29.4. The standard InChI is InChI=1S/C32H39BrN2O3/c1-31(2,3)25-14-18-27(19-15-25)38-22-29(36)35(21-24-12-16-26(33)17-13-24)28(30(37)34-32(4,5)6)20-23-10-8-7-9-11-23/h7-19,28H,20-22H2,1-6H3,(H,34,37)/t28-/m1/s1. The normalized spacial score (nSPS) is 12.5. The molecule has 0 bridgehead atoms. The number of amides is 2. The molecule has 0 radical (unpaired) electrons. The van der Waals surface area contributed by atoms with Crippen LogP contribution in [0.5, 0.6) is 5.75 Å². The molecular weight excluding hydrogens is 540 g/mol. The summed E-state index contributed by atoms with van der Waals surface area (Å²) in [6.45, 7) is 12.4.